The maximum Gasteiger partial charge on any atom is 0.338 e. The summed E-state index contributed by atoms with van der Waals surface area (Å²) in [5, 5.41) is 12.8. The maximum atomic E-state index is 14.7. The van der Waals surface area contributed by atoms with Crippen LogP contribution in [0.5, 0.6) is 0 Å². The van der Waals surface area contributed by atoms with E-state index >= 15 is 0 Å². The minimum atomic E-state index is -2.58. The minimum absolute atomic E-state index is 0.0504. The van der Waals surface area contributed by atoms with Crippen LogP contribution in [0.25, 0.3) is 0 Å². The molecule has 1 aromatic carbocycles. The standard InChI is InChI=1S/C41H54O14/c1-21(2)36(46)52-30-24(6)31(53-38(48)28-16-14-13-15-17-28)32(50-25(7)42)35(51-26(8)43)39(10,11)19-18-23(5)33(45)41(49)20-40(12,55-27(9)44)34(29(30)41)54-37(47)22(3)4/h13-19,21-23,29-32,34-35,49H,6,20H2,1-5,7-12H3/b19-18+/t23-,29-,30+,31-,32+,34+,35+,40+,41+/m0/s1. The first-order valence-electron chi connectivity index (χ1n) is 18.2. The van der Waals surface area contributed by atoms with Crippen LogP contribution in [-0.4, -0.2) is 88.4 Å². The number of carbonyl (C=O) groups is 7. The number of rotatable bonds is 9. The van der Waals surface area contributed by atoms with E-state index in [-0.39, 0.29) is 11.1 Å². The summed E-state index contributed by atoms with van der Waals surface area (Å²) in [5.74, 6) is -10.4. The Bertz CT molecular complexity index is 1690. The summed E-state index contributed by atoms with van der Waals surface area (Å²) in [7, 11) is 0. The summed E-state index contributed by atoms with van der Waals surface area (Å²) in [5.41, 5.74) is -6.06. The molecule has 0 aromatic heterocycles. The molecule has 55 heavy (non-hydrogen) atoms. The van der Waals surface area contributed by atoms with E-state index in [0.717, 1.165) is 20.8 Å². The fourth-order valence-electron chi connectivity index (χ4n) is 7.10. The van der Waals surface area contributed by atoms with Gasteiger partial charge in [-0.05, 0) is 19.1 Å². The van der Waals surface area contributed by atoms with Crippen molar-refractivity contribution >= 4 is 41.6 Å². The Morgan fingerprint density at radius 1 is 0.764 bits per heavy atom. The number of allylic oxidation sites excluding steroid dienone is 1. The van der Waals surface area contributed by atoms with E-state index in [9.17, 15) is 38.7 Å². The van der Waals surface area contributed by atoms with E-state index in [4.69, 9.17) is 28.4 Å². The van der Waals surface area contributed by atoms with Crippen LogP contribution in [0, 0.1) is 29.1 Å². The molecule has 14 nitrogen and oxygen atoms in total. The number of ketones is 1. The van der Waals surface area contributed by atoms with Gasteiger partial charge in [-0.3, -0.25) is 28.8 Å². The SMILES string of the molecule is C=C1[C@@H](OC(=O)C(C)C)[C@H]2[C@@H](OC(=O)C(C)C)[C@](C)(OC(C)=O)C[C@]2(O)C(=O)[C@@H](C)/C=C/C(C)(C)[C@H](OC(C)=O)[C@H](OC(C)=O)[C@H]1OC(=O)c1ccccc1. The Balaban J connectivity index is 2.56. The molecule has 2 aliphatic rings. The van der Waals surface area contributed by atoms with Crippen LogP contribution >= 0.6 is 0 Å². The third kappa shape index (κ3) is 10.1. The summed E-state index contributed by atoms with van der Waals surface area (Å²) in [6, 6.07) is 7.73. The molecule has 0 bridgehead atoms. The average molecular weight is 771 g/mol. The Labute approximate surface area is 321 Å². The lowest BCUT2D eigenvalue weighted by molar-refractivity contribution is -0.192. The van der Waals surface area contributed by atoms with Crippen molar-refractivity contribution in [3.8, 4) is 0 Å². The fraction of sp³-hybridized carbons (Fsp3) is 0.585. The molecule has 0 spiro atoms. The number of Topliss-reactive ketones (excluding diaryl/α,β-unsaturated/α-hetero) is 1. The zero-order chi connectivity index (χ0) is 41.8. The molecule has 1 saturated carbocycles. The van der Waals surface area contributed by atoms with E-state index in [1.807, 2.05) is 0 Å². The van der Waals surface area contributed by atoms with Crippen molar-refractivity contribution in [3.63, 3.8) is 0 Å². The number of esters is 6. The lowest BCUT2D eigenvalue weighted by Gasteiger charge is -2.44. The number of fused-ring (bicyclic) bond motifs is 1. The van der Waals surface area contributed by atoms with Crippen LogP contribution in [0.2, 0.25) is 0 Å². The quantitative estimate of drug-likeness (QED) is 0.207. The molecule has 3 rings (SSSR count). The first-order chi connectivity index (χ1) is 25.4. The smallest absolute Gasteiger partial charge is 0.338 e. The van der Waals surface area contributed by atoms with Gasteiger partial charge >= 0.3 is 35.8 Å². The Morgan fingerprint density at radius 2 is 1.31 bits per heavy atom. The molecule has 0 amide bonds. The predicted molar refractivity (Wildman–Crippen MR) is 196 cm³/mol. The first kappa shape index (κ1) is 44.5. The zero-order valence-corrected chi connectivity index (χ0v) is 33.4. The van der Waals surface area contributed by atoms with Gasteiger partial charge in [0, 0.05) is 44.1 Å². The monoisotopic (exact) mass is 770 g/mol. The van der Waals surface area contributed by atoms with Crippen LogP contribution in [0.4, 0.5) is 0 Å². The van der Waals surface area contributed by atoms with Crippen molar-refractivity contribution in [2.45, 2.75) is 124 Å². The number of benzene rings is 1. The van der Waals surface area contributed by atoms with Gasteiger partial charge in [0.25, 0.3) is 0 Å². The van der Waals surface area contributed by atoms with E-state index in [2.05, 4.69) is 6.58 Å². The second-order valence-corrected chi connectivity index (χ2v) is 15.8. The van der Waals surface area contributed by atoms with Crippen molar-refractivity contribution in [2.24, 2.45) is 29.1 Å². The van der Waals surface area contributed by atoms with Gasteiger partial charge in [0.05, 0.1) is 23.3 Å². The lowest BCUT2D eigenvalue weighted by Crippen LogP contribution is -2.58. The molecule has 1 fully saturated rings. The number of carbonyl (C=O) groups excluding carboxylic acids is 7. The summed E-state index contributed by atoms with van der Waals surface area (Å²) >= 11 is 0. The van der Waals surface area contributed by atoms with Gasteiger partial charge in [-0.2, -0.15) is 0 Å². The summed E-state index contributed by atoms with van der Waals surface area (Å²) in [4.78, 5) is 94.0. The molecule has 9 atom stereocenters. The Kier molecular flexibility index (Phi) is 14.0. The second kappa shape index (κ2) is 17.3. The largest absolute Gasteiger partial charge is 0.458 e. The minimum Gasteiger partial charge on any atom is -0.458 e. The fourth-order valence-corrected chi connectivity index (χ4v) is 7.10. The van der Waals surface area contributed by atoms with Crippen LogP contribution in [-0.2, 0) is 57.2 Å². The topological polar surface area (TPSA) is 195 Å². The van der Waals surface area contributed by atoms with Gasteiger partial charge in [-0.1, -0.05) is 85.4 Å². The molecule has 0 aliphatic heterocycles. The highest BCUT2D eigenvalue weighted by molar-refractivity contribution is 5.92. The van der Waals surface area contributed by atoms with Crippen LogP contribution in [0.1, 0.15) is 92.9 Å². The summed E-state index contributed by atoms with van der Waals surface area (Å²) < 4.78 is 35.6. The van der Waals surface area contributed by atoms with Crippen molar-refractivity contribution < 1.29 is 67.1 Å². The second-order valence-electron chi connectivity index (χ2n) is 15.8. The van der Waals surface area contributed by atoms with Crippen LogP contribution < -0.4 is 0 Å². The lowest BCUT2D eigenvalue weighted by atomic mass is 9.72. The molecule has 302 valence electrons. The van der Waals surface area contributed by atoms with Gasteiger partial charge < -0.3 is 33.5 Å². The van der Waals surface area contributed by atoms with Crippen LogP contribution in [0.3, 0.4) is 0 Å². The van der Waals surface area contributed by atoms with E-state index in [0.29, 0.717) is 0 Å². The van der Waals surface area contributed by atoms with Gasteiger partial charge in [0.2, 0.25) is 0 Å². The number of aliphatic hydroxyl groups is 1. The van der Waals surface area contributed by atoms with Gasteiger partial charge in [-0.25, -0.2) is 4.79 Å². The van der Waals surface area contributed by atoms with Gasteiger partial charge in [0.15, 0.2) is 30.2 Å². The molecule has 1 N–H and O–H groups in total. The zero-order valence-electron chi connectivity index (χ0n) is 33.4. The first-order valence-corrected chi connectivity index (χ1v) is 18.2. The van der Waals surface area contributed by atoms with E-state index in [1.54, 1.807) is 45.9 Å². The molecule has 0 radical (unpaired) electrons. The normalized spacial score (nSPS) is 31.2. The highest BCUT2D eigenvalue weighted by atomic mass is 16.6. The molecule has 0 saturated heterocycles. The molecule has 0 heterocycles. The summed E-state index contributed by atoms with van der Waals surface area (Å²) in [6.45, 7) is 19.8. The Hall–Kier alpha value is -4.85. The van der Waals surface area contributed by atoms with Gasteiger partial charge in [0.1, 0.15) is 17.3 Å². The van der Waals surface area contributed by atoms with Gasteiger partial charge in [-0.15, -0.1) is 0 Å². The van der Waals surface area contributed by atoms with E-state index < -0.39 is 119 Å². The number of ether oxygens (including phenoxy) is 6. The third-order valence-electron chi connectivity index (χ3n) is 9.79. The predicted octanol–water partition coefficient (Wildman–Crippen LogP) is 4.64. The molecule has 0 unspecified atom stereocenters. The number of hydrogen-bond acceptors (Lipinski definition) is 14. The van der Waals surface area contributed by atoms with Crippen molar-refractivity contribution in [1.82, 2.24) is 0 Å². The average Bonchev–Trinajstić information content (AvgIpc) is 3.30. The molecule has 2 aliphatic carbocycles. The van der Waals surface area contributed by atoms with Crippen LogP contribution in [0.15, 0.2) is 54.6 Å². The van der Waals surface area contributed by atoms with E-state index in [1.165, 1.54) is 52.0 Å². The molecular formula is C41H54O14. The van der Waals surface area contributed by atoms with Crippen molar-refractivity contribution in [2.75, 3.05) is 0 Å². The van der Waals surface area contributed by atoms with Crippen molar-refractivity contribution in [1.29, 1.82) is 0 Å². The number of hydrogen-bond donors (Lipinski definition) is 1. The molecule has 14 heteroatoms. The maximum absolute atomic E-state index is 14.7. The summed E-state index contributed by atoms with van der Waals surface area (Å²) in [6.07, 6.45) is -6.18. The molecule has 1 aromatic rings. The molecular weight excluding hydrogens is 716 g/mol. The van der Waals surface area contributed by atoms with Crippen molar-refractivity contribution in [3.05, 3.63) is 60.2 Å². The Morgan fingerprint density at radius 3 is 1.82 bits per heavy atom. The third-order valence-corrected chi connectivity index (χ3v) is 9.79. The highest BCUT2D eigenvalue weighted by Crippen LogP contribution is 2.52. The highest BCUT2D eigenvalue weighted by Gasteiger charge is 2.69.